The van der Waals surface area contributed by atoms with Crippen molar-refractivity contribution >= 4 is 67.7 Å². The molecule has 24 nitrogen and oxygen atoms in total. The number of nitrogens with zero attached hydrogens (tertiary/aromatic N) is 4. The number of carbonyl (C=O) groups excluding carboxylic acids is 7. The molecule has 0 aromatic rings. The summed E-state index contributed by atoms with van der Waals surface area (Å²) in [4.78, 5) is 108. The highest BCUT2D eigenvalue weighted by atomic mass is 32.2. The van der Waals surface area contributed by atoms with Crippen molar-refractivity contribution in [3.8, 4) is 0 Å². The highest BCUT2D eigenvalue weighted by Crippen LogP contribution is 2.66. The van der Waals surface area contributed by atoms with Gasteiger partial charge in [-0.15, -0.1) is 0 Å². The van der Waals surface area contributed by atoms with Gasteiger partial charge in [-0.1, -0.05) is 111 Å². The number of urea groups is 2. The van der Waals surface area contributed by atoms with E-state index < -0.39 is 163 Å². The maximum absolute atomic E-state index is 14.1. The zero-order valence-electron chi connectivity index (χ0n) is 53.2. The molecule has 8 amide bonds. The summed E-state index contributed by atoms with van der Waals surface area (Å²) in [6, 6.07) is -10.4. The predicted molar refractivity (Wildman–Crippen MR) is 309 cm³/mol. The second kappa shape index (κ2) is 26.7. The second-order valence-electron chi connectivity index (χ2n) is 28.8. The summed E-state index contributed by atoms with van der Waals surface area (Å²) in [5, 5.41) is 25.0. The minimum atomic E-state index is -3.53. The Bertz CT molecular complexity index is 2710. The van der Waals surface area contributed by atoms with Crippen LogP contribution in [0.1, 0.15) is 124 Å². The molecule has 4 fully saturated rings. The van der Waals surface area contributed by atoms with E-state index in [2.05, 4.69) is 36.6 Å². The number of carboxylic acids is 1. The first-order chi connectivity index (χ1) is 38.1. The van der Waals surface area contributed by atoms with Gasteiger partial charge in [-0.25, -0.2) is 62.2 Å². The molecular weight excluding hydrogens is 1160 g/mol. The molecule has 0 radical (unpaired) electrons. The van der Waals surface area contributed by atoms with Gasteiger partial charge in [-0.05, 0) is 56.2 Å². The van der Waals surface area contributed by atoms with Crippen LogP contribution in [0.2, 0.25) is 0 Å². The average Bonchev–Trinajstić information content (AvgIpc) is 1.56. The van der Waals surface area contributed by atoms with Gasteiger partial charge >= 0.3 is 24.0 Å². The van der Waals surface area contributed by atoms with Crippen LogP contribution in [0.5, 0.6) is 0 Å². The van der Waals surface area contributed by atoms with Gasteiger partial charge in [-0.2, -0.15) is 0 Å². The lowest BCUT2D eigenvalue weighted by atomic mass is 9.85. The van der Waals surface area contributed by atoms with E-state index in [0.29, 0.717) is 0 Å². The number of methoxy groups -OCH3 is 1. The number of esters is 1. The molecule has 0 unspecified atom stereocenters. The number of carboxylic acid groups (broad SMARTS) is 1. The monoisotopic (exact) mass is 1260 g/mol. The summed E-state index contributed by atoms with van der Waals surface area (Å²) < 4.78 is 107. The third kappa shape index (κ3) is 19.0. The molecule has 7 N–H and O–H groups in total. The topological polar surface area (TPSA) is 319 Å². The Morgan fingerprint density at radius 2 is 0.859 bits per heavy atom. The van der Waals surface area contributed by atoms with Crippen molar-refractivity contribution in [2.24, 2.45) is 56.2 Å². The first-order valence-corrected chi connectivity index (χ1v) is 31.9. The zero-order valence-corrected chi connectivity index (χ0v) is 54.8. The van der Waals surface area contributed by atoms with Crippen molar-refractivity contribution < 1.29 is 82.6 Å². The van der Waals surface area contributed by atoms with Crippen LogP contribution in [0, 0.1) is 56.2 Å². The molecular formula is C55H96F4N10O14S2. The lowest BCUT2D eigenvalue weighted by molar-refractivity contribution is -0.148. The highest BCUT2D eigenvalue weighted by molar-refractivity contribution is 7.88. The minimum Gasteiger partial charge on any atom is -0.480 e. The number of fused-ring (bicyclic) bond motifs is 2. The second-order valence-corrected chi connectivity index (χ2v) is 33.0. The van der Waals surface area contributed by atoms with Crippen LogP contribution in [0.4, 0.5) is 27.2 Å². The van der Waals surface area contributed by atoms with Gasteiger partial charge in [0.25, 0.3) is 0 Å². The van der Waals surface area contributed by atoms with Gasteiger partial charge < -0.3 is 51.5 Å². The van der Waals surface area contributed by atoms with E-state index in [1.165, 1.54) is 23.9 Å². The molecule has 0 bridgehead atoms. The largest absolute Gasteiger partial charge is 0.480 e. The summed E-state index contributed by atoms with van der Waals surface area (Å²) in [7, 11) is -3.20. The van der Waals surface area contributed by atoms with Gasteiger partial charge in [0, 0.05) is 65.2 Å². The van der Waals surface area contributed by atoms with Crippen LogP contribution in [-0.2, 0) is 53.6 Å². The maximum atomic E-state index is 14.1. The molecule has 12 atom stereocenters. The number of rotatable bonds is 22. The van der Waals surface area contributed by atoms with E-state index in [-0.39, 0.29) is 60.7 Å². The van der Waals surface area contributed by atoms with E-state index >= 15 is 0 Å². The number of halogens is 4. The molecule has 4 rings (SSSR count). The smallest absolute Gasteiger partial charge is 0.328 e. The molecule has 0 spiro atoms. The van der Waals surface area contributed by atoms with Crippen LogP contribution in [0.15, 0.2) is 0 Å². The van der Waals surface area contributed by atoms with Crippen molar-refractivity contribution in [1.29, 1.82) is 0 Å². The lowest BCUT2D eigenvalue weighted by Gasteiger charge is -2.39. The Labute approximate surface area is 499 Å². The molecule has 490 valence electrons. The summed E-state index contributed by atoms with van der Waals surface area (Å²) in [5.41, 5.74) is -3.37. The number of likely N-dealkylation sites (N-methyl/N-ethyl adjacent to an activating group) is 2. The van der Waals surface area contributed by atoms with Crippen LogP contribution in [0.3, 0.4) is 0 Å². The Hall–Kier alpha value is -5.10. The van der Waals surface area contributed by atoms with Crippen LogP contribution >= 0.6 is 0 Å². The van der Waals surface area contributed by atoms with Gasteiger partial charge in [0.2, 0.25) is 56.5 Å². The Kier molecular flexibility index (Phi) is 23.3. The number of carbonyl (C=O) groups is 8. The predicted octanol–water partition coefficient (Wildman–Crippen LogP) is 3.52. The fourth-order valence-corrected chi connectivity index (χ4v) is 12.1. The summed E-state index contributed by atoms with van der Waals surface area (Å²) in [6.45, 7) is 29.6. The van der Waals surface area contributed by atoms with Crippen molar-refractivity contribution in [2.45, 2.75) is 185 Å². The van der Waals surface area contributed by atoms with E-state index in [1.54, 1.807) is 41.5 Å². The van der Waals surface area contributed by atoms with Gasteiger partial charge in [0.15, 0.2) is 0 Å². The molecule has 0 aromatic carbocycles. The van der Waals surface area contributed by atoms with Crippen LogP contribution in [-0.4, -0.2) is 209 Å². The Balaban J connectivity index is 0.000000445. The van der Waals surface area contributed by atoms with E-state index in [1.807, 2.05) is 69.2 Å². The number of nitrogens with one attached hydrogen (secondary N) is 6. The molecule has 2 aliphatic heterocycles. The number of alkyl halides is 4. The molecule has 2 saturated carbocycles. The van der Waals surface area contributed by atoms with Crippen molar-refractivity contribution in [3.63, 3.8) is 0 Å². The molecule has 2 heterocycles. The van der Waals surface area contributed by atoms with Crippen molar-refractivity contribution in [1.82, 2.24) is 50.3 Å². The van der Waals surface area contributed by atoms with Gasteiger partial charge in [0.05, 0.1) is 19.6 Å². The summed E-state index contributed by atoms with van der Waals surface area (Å²) >= 11 is 0. The molecule has 85 heavy (non-hydrogen) atoms. The lowest BCUT2D eigenvalue weighted by Crippen LogP contribution is -2.62. The van der Waals surface area contributed by atoms with Crippen molar-refractivity contribution in [3.05, 3.63) is 0 Å². The molecule has 2 aliphatic carbocycles. The SMILES string of the molecule is CN(C[C@@H](NC(=O)N[C@H](C(=O)N1C[C@H]2[C@@H]([C@H]1C(=O)N[C@@H](CC(F)F)C(=O)O)C2(C)C)C(C)(C)C)C(C)(C)C)S(C)(=O)=O.COC(=O)[C@H](CC(F)F)NC(=O)[C@@H]1[C@@H]2[C@H](CN1C(=O)[C@@H](NC(=O)N[C@H](CN(C)S(C)(=O)=O)C(C)(C)C)C(C)(C)C)C2(C)C. The van der Waals surface area contributed by atoms with Crippen LogP contribution < -0.4 is 31.9 Å². The van der Waals surface area contributed by atoms with Crippen molar-refractivity contribution in [2.75, 3.05) is 59.9 Å². The quantitative estimate of drug-likeness (QED) is 0.0603. The summed E-state index contributed by atoms with van der Waals surface area (Å²) in [6.07, 6.45) is -5.72. The number of sulfonamides is 2. The number of ether oxygens (including phenoxy) is 1. The van der Waals surface area contributed by atoms with E-state index in [4.69, 9.17) is 0 Å². The number of piperidine rings is 2. The van der Waals surface area contributed by atoms with Gasteiger partial charge in [-0.3, -0.25) is 19.2 Å². The number of aliphatic carboxylic acids is 1. The van der Waals surface area contributed by atoms with E-state index in [0.717, 1.165) is 28.2 Å². The first kappa shape index (κ1) is 74.2. The third-order valence-electron chi connectivity index (χ3n) is 17.3. The molecule has 0 aromatic heterocycles. The zero-order chi connectivity index (χ0) is 66.2. The average molecular weight is 1260 g/mol. The Morgan fingerprint density at radius 1 is 0.553 bits per heavy atom. The molecule has 30 heteroatoms. The first-order valence-electron chi connectivity index (χ1n) is 28.2. The van der Waals surface area contributed by atoms with Crippen LogP contribution in [0.25, 0.3) is 0 Å². The molecule has 2 saturated heterocycles. The Morgan fingerprint density at radius 3 is 1.12 bits per heavy atom. The minimum absolute atomic E-state index is 0.00330. The van der Waals surface area contributed by atoms with Gasteiger partial charge in [0.1, 0.15) is 36.3 Å². The van der Waals surface area contributed by atoms with E-state index in [9.17, 15) is 77.9 Å². The number of hydrogen-bond donors (Lipinski definition) is 7. The normalized spacial score (nSPS) is 23.9. The highest BCUT2D eigenvalue weighted by Gasteiger charge is 2.71. The fourth-order valence-electron chi connectivity index (χ4n) is 11.2. The standard InChI is InChI=1S/C28H49F2N5O7S.C27H47F2N5O7S/c1-26(2,3)17(14-34(9)43(11,40)41)32-25(39)33-21(27(4,5)6)23(37)35-13-15-19(28(15,7)8)20(35)22(36)31-16(12-18(29)30)24(38)42-10;1-25(2,3)16(13-33(9)42(10,40)41)31-24(39)32-20(26(4,5)6)22(36)34-12-14-18(27(14,7)8)19(34)21(35)30-15(23(37)38)11-17(28)29/h15-21H,12-14H2,1-11H3,(H,31,36)(H2,32,33,39);14-20H,11-13H2,1-10H3,(H,30,35)(H,37,38)(H2,31,32,39)/t15-,16-,17+,19-,20-,21+;14-,15-,16+,18-,19-,20+/m00/s1. The summed E-state index contributed by atoms with van der Waals surface area (Å²) in [5.74, 6) is -5.98. The number of likely N-dealkylation sites (tertiary alicyclic amines) is 2. The maximum Gasteiger partial charge on any atom is 0.328 e. The fraction of sp³-hybridized carbons (Fsp3) is 0.855. The third-order valence-corrected chi connectivity index (χ3v) is 19.8. The number of amides is 8. The molecule has 4 aliphatic rings. The number of hydrogen-bond acceptors (Lipinski definition) is 13.